The zero-order chi connectivity index (χ0) is 60.4. The number of ether oxygens (including phenoxy) is 4. The number of hydrogen-bond acceptors (Lipinski definition) is 14. The Kier molecular flexibility index (Phi) is 17.8. The molecule has 0 bridgehead atoms. The summed E-state index contributed by atoms with van der Waals surface area (Å²) in [4.78, 5) is 44.1. The normalized spacial score (nSPS) is 17.0. The highest BCUT2D eigenvalue weighted by molar-refractivity contribution is 6.01. The average molecular weight is 1170 g/mol. The fourth-order valence-electron chi connectivity index (χ4n) is 11.2. The molecule has 2 amide bonds. The van der Waals surface area contributed by atoms with Crippen molar-refractivity contribution in [1.82, 2.24) is 48.8 Å². The second kappa shape index (κ2) is 24.9. The van der Waals surface area contributed by atoms with Crippen LogP contribution in [0.5, 0.6) is 23.0 Å². The highest BCUT2D eigenvalue weighted by atomic mass is 19.4. The topological polar surface area (TPSA) is 185 Å². The lowest BCUT2D eigenvalue weighted by atomic mass is 10.0. The number of aromatic nitrogens is 6. The maximum atomic E-state index is 14.3. The van der Waals surface area contributed by atoms with Crippen molar-refractivity contribution in [3.05, 3.63) is 154 Å². The van der Waals surface area contributed by atoms with Crippen molar-refractivity contribution < 1.29 is 65.1 Å². The van der Waals surface area contributed by atoms with Gasteiger partial charge in [-0.3, -0.25) is 19.4 Å². The quantitative estimate of drug-likeness (QED) is 0.0982. The minimum absolute atomic E-state index is 0.0120. The predicted molar refractivity (Wildman–Crippen MR) is 299 cm³/mol. The number of carbonyl (C=O) groups excluding carboxylic acids is 2. The fourth-order valence-corrected chi connectivity index (χ4v) is 11.2. The summed E-state index contributed by atoms with van der Waals surface area (Å²) in [6, 6.07) is 26.8. The summed E-state index contributed by atoms with van der Waals surface area (Å²) in [6.45, 7) is 8.61. The van der Waals surface area contributed by atoms with E-state index in [0.717, 1.165) is 23.5 Å². The van der Waals surface area contributed by atoms with Crippen LogP contribution in [0.3, 0.4) is 0 Å². The van der Waals surface area contributed by atoms with Crippen LogP contribution in [0.25, 0.3) is 33.8 Å². The number of fused-ring (bicyclic) bond motifs is 2. The number of halogens is 6. The number of aliphatic hydroxyl groups excluding tert-OH is 2. The Morgan fingerprint density at radius 1 is 0.548 bits per heavy atom. The monoisotopic (exact) mass is 1170 g/mol. The molecule has 2 fully saturated rings. The van der Waals surface area contributed by atoms with Gasteiger partial charge in [-0.2, -0.15) is 36.5 Å². The summed E-state index contributed by atoms with van der Waals surface area (Å²) in [6.07, 6.45) is -7.17. The first-order valence-electron chi connectivity index (χ1n) is 26.9. The van der Waals surface area contributed by atoms with E-state index in [4.69, 9.17) is 18.9 Å². The van der Waals surface area contributed by atoms with Crippen LogP contribution in [-0.4, -0.2) is 164 Å². The van der Waals surface area contributed by atoms with Gasteiger partial charge < -0.3 is 39.0 Å². The molecule has 24 heteroatoms. The van der Waals surface area contributed by atoms with E-state index in [1.165, 1.54) is 28.1 Å². The first-order chi connectivity index (χ1) is 40.1. The van der Waals surface area contributed by atoms with E-state index in [-0.39, 0.29) is 82.3 Å². The van der Waals surface area contributed by atoms with Crippen LogP contribution in [0.15, 0.2) is 109 Å². The van der Waals surface area contributed by atoms with Crippen LogP contribution in [0, 0.1) is 13.8 Å². The van der Waals surface area contributed by atoms with E-state index in [2.05, 4.69) is 30.0 Å². The van der Waals surface area contributed by atoms with Crippen molar-refractivity contribution in [2.45, 2.75) is 64.2 Å². The van der Waals surface area contributed by atoms with Crippen LogP contribution in [0.1, 0.15) is 80.3 Å². The SMILES string of the molecule is COc1ccc(-c2nc3c(C(=O)N4CCN([C@@H](CO)c5cccc(OC)c5)C[C@H]4C)cnn3c(C(F)(F)F)c2C)cc1.COc1ccc(-c2nc3c(C(=O)N4CCN([C@H](CO)c5cccc(OC)c5)C[C@H]4C)cnn3c(C(F)(F)F)c2C)cc1. The van der Waals surface area contributed by atoms with Crippen molar-refractivity contribution >= 4 is 23.1 Å². The van der Waals surface area contributed by atoms with Gasteiger partial charge in [0.05, 0.1) is 77.5 Å². The third-order valence-electron chi connectivity index (χ3n) is 15.5. The van der Waals surface area contributed by atoms with Gasteiger partial charge in [-0.05, 0) is 112 Å². The Bertz CT molecular complexity index is 3410. The van der Waals surface area contributed by atoms with E-state index in [0.29, 0.717) is 82.4 Å². The second-order valence-electron chi connectivity index (χ2n) is 20.5. The summed E-state index contributed by atoms with van der Waals surface area (Å²) in [5.41, 5.74) is 0.366. The molecule has 4 aromatic carbocycles. The molecule has 2 aliphatic rings. The maximum Gasteiger partial charge on any atom is 0.433 e. The third-order valence-corrected chi connectivity index (χ3v) is 15.5. The first kappa shape index (κ1) is 60.3. The molecule has 0 spiro atoms. The summed E-state index contributed by atoms with van der Waals surface area (Å²) in [5, 5.41) is 28.4. The molecule has 2 saturated heterocycles. The van der Waals surface area contributed by atoms with Crippen molar-refractivity contribution in [1.29, 1.82) is 0 Å². The second-order valence-corrected chi connectivity index (χ2v) is 20.5. The van der Waals surface area contributed by atoms with Gasteiger partial charge >= 0.3 is 12.4 Å². The Hall–Kier alpha value is -8.32. The van der Waals surface area contributed by atoms with E-state index in [1.54, 1.807) is 72.6 Å². The number of piperazine rings is 2. The summed E-state index contributed by atoms with van der Waals surface area (Å²) in [5.74, 6) is 1.55. The van der Waals surface area contributed by atoms with Gasteiger partial charge in [0, 0.05) is 73.6 Å². The number of methoxy groups -OCH3 is 4. The van der Waals surface area contributed by atoms with Gasteiger partial charge in [-0.25, -0.2) is 19.0 Å². The zero-order valence-electron chi connectivity index (χ0n) is 47.4. The Morgan fingerprint density at radius 3 is 1.21 bits per heavy atom. The standard InChI is InChI=1S/2C30H32F3N5O4/c2*1-18-16-36(25(17-39)21-6-5-7-23(14-21)42-4)12-13-37(18)29(40)24-15-34-38-27(30(31,32)33)19(2)26(35-28(24)38)20-8-10-22(41-3)11-9-20/h2*5-11,14-15,18,25,39H,12-13,16-17H2,1-4H3/t18-,25+;18-,25-/m11/s1. The molecule has 0 unspecified atom stereocenters. The van der Waals surface area contributed by atoms with Gasteiger partial charge in [0.25, 0.3) is 11.8 Å². The Morgan fingerprint density at radius 2 is 0.905 bits per heavy atom. The van der Waals surface area contributed by atoms with Crippen LogP contribution < -0.4 is 18.9 Å². The number of nitrogens with zero attached hydrogens (tertiary/aromatic N) is 10. The molecule has 84 heavy (non-hydrogen) atoms. The summed E-state index contributed by atoms with van der Waals surface area (Å²) < 4.78 is 108. The molecular weight excluding hydrogens is 1100 g/mol. The molecule has 2 N–H and O–H groups in total. The molecule has 4 atom stereocenters. The Labute approximate surface area is 480 Å². The van der Waals surface area contributed by atoms with E-state index < -0.39 is 35.6 Å². The van der Waals surface area contributed by atoms with Gasteiger partial charge in [-0.1, -0.05) is 24.3 Å². The van der Waals surface area contributed by atoms with Crippen LogP contribution in [0.2, 0.25) is 0 Å². The van der Waals surface area contributed by atoms with Crippen molar-refractivity contribution in [2.24, 2.45) is 0 Å². The Balaban J connectivity index is 0.000000202. The number of aliphatic hydroxyl groups is 2. The molecule has 0 saturated carbocycles. The van der Waals surface area contributed by atoms with Crippen LogP contribution in [-0.2, 0) is 12.4 Å². The van der Waals surface area contributed by atoms with Gasteiger partial charge in [0.15, 0.2) is 22.7 Å². The number of rotatable bonds is 14. The van der Waals surface area contributed by atoms with Gasteiger partial charge in [0.2, 0.25) is 0 Å². The number of alkyl halides is 6. The largest absolute Gasteiger partial charge is 0.497 e. The molecule has 4 aromatic heterocycles. The van der Waals surface area contributed by atoms with E-state index in [1.807, 2.05) is 62.4 Å². The minimum Gasteiger partial charge on any atom is -0.497 e. The number of carbonyl (C=O) groups is 2. The first-order valence-corrected chi connectivity index (χ1v) is 26.9. The minimum atomic E-state index is -4.74. The molecule has 444 valence electrons. The highest BCUT2D eigenvalue weighted by Gasteiger charge is 2.42. The molecule has 8 aromatic rings. The molecule has 0 radical (unpaired) electrons. The lowest BCUT2D eigenvalue weighted by Crippen LogP contribution is -2.55. The third kappa shape index (κ3) is 12.1. The summed E-state index contributed by atoms with van der Waals surface area (Å²) in [7, 11) is 6.15. The molecule has 2 aliphatic heterocycles. The average Bonchev–Trinajstić information content (AvgIpc) is 3.19. The number of hydrogen-bond donors (Lipinski definition) is 2. The van der Waals surface area contributed by atoms with Crippen LogP contribution in [0.4, 0.5) is 26.3 Å². The number of benzene rings is 4. The summed E-state index contributed by atoms with van der Waals surface area (Å²) >= 11 is 0. The zero-order valence-corrected chi connectivity index (χ0v) is 47.4. The van der Waals surface area contributed by atoms with Crippen LogP contribution >= 0.6 is 0 Å². The maximum absolute atomic E-state index is 14.3. The lowest BCUT2D eigenvalue weighted by Gasteiger charge is -2.43. The number of amides is 2. The van der Waals surface area contributed by atoms with Crippen molar-refractivity contribution in [2.75, 3.05) is 80.9 Å². The molecule has 18 nitrogen and oxygen atoms in total. The molecular formula is C60H64F6N10O8. The highest BCUT2D eigenvalue weighted by Crippen LogP contribution is 2.40. The van der Waals surface area contributed by atoms with Crippen molar-refractivity contribution in [3.63, 3.8) is 0 Å². The van der Waals surface area contributed by atoms with Crippen molar-refractivity contribution in [3.8, 4) is 45.5 Å². The molecule has 0 aliphatic carbocycles. The molecule has 6 heterocycles. The predicted octanol–water partition coefficient (Wildman–Crippen LogP) is 9.24. The molecule has 10 rings (SSSR count). The lowest BCUT2D eigenvalue weighted by molar-refractivity contribution is -0.144. The van der Waals surface area contributed by atoms with Gasteiger partial charge in [-0.15, -0.1) is 0 Å². The fraction of sp³-hybridized carbons (Fsp3) is 0.367. The smallest absolute Gasteiger partial charge is 0.433 e. The van der Waals surface area contributed by atoms with E-state index >= 15 is 0 Å². The van der Waals surface area contributed by atoms with E-state index in [9.17, 15) is 46.1 Å². The van der Waals surface area contributed by atoms with Gasteiger partial charge in [0.1, 0.15) is 34.1 Å².